The maximum absolute atomic E-state index is 9.80. The highest BCUT2D eigenvalue weighted by molar-refractivity contribution is 7.39. The molecule has 3 aromatic rings. The molecule has 3 nitrogen and oxygen atoms in total. The summed E-state index contributed by atoms with van der Waals surface area (Å²) in [5.74, 6) is 0.491. The zero-order valence-electron chi connectivity index (χ0n) is 19.5. The minimum atomic E-state index is -2.55. The molecule has 0 fully saturated rings. The van der Waals surface area contributed by atoms with Crippen LogP contribution >= 0.6 is 8.60 Å². The molecule has 32 heavy (non-hydrogen) atoms. The second-order valence-corrected chi connectivity index (χ2v) is 8.46. The van der Waals surface area contributed by atoms with Crippen molar-refractivity contribution >= 4 is 14.7 Å². The van der Waals surface area contributed by atoms with Gasteiger partial charge >= 0.3 is 8.60 Å². The Morgan fingerprint density at radius 1 is 0.688 bits per heavy atom. The van der Waals surface area contributed by atoms with E-state index in [9.17, 15) is 9.79 Å². The molecular formula is C28H33O3P. The van der Waals surface area contributed by atoms with Crippen molar-refractivity contribution in [1.82, 2.24) is 0 Å². The molecule has 3 rings (SSSR count). The van der Waals surface area contributed by atoms with Crippen LogP contribution in [0.1, 0.15) is 55.5 Å². The highest BCUT2D eigenvalue weighted by atomic mass is 31.2. The van der Waals surface area contributed by atoms with Crippen LogP contribution in [0, 0.1) is 0 Å². The molecule has 0 aliphatic heterocycles. The molecule has 0 aromatic heterocycles. The van der Waals surface area contributed by atoms with Gasteiger partial charge in [-0.25, -0.2) is 0 Å². The van der Waals surface area contributed by atoms with Crippen molar-refractivity contribution in [2.24, 2.45) is 0 Å². The Balaban J connectivity index is 2.58. The minimum Gasteiger partial charge on any atom is -0.426 e. The molecule has 4 heteroatoms. The van der Waals surface area contributed by atoms with E-state index in [1.807, 2.05) is 18.2 Å². The first kappa shape index (κ1) is 24.2. The maximum atomic E-state index is 9.80. The van der Waals surface area contributed by atoms with Gasteiger partial charge in [0.05, 0.1) is 0 Å². The van der Waals surface area contributed by atoms with Gasteiger partial charge in [-0.3, -0.25) is 0 Å². The van der Waals surface area contributed by atoms with Crippen LogP contribution in [-0.2, 0) is 25.7 Å². The highest BCUT2D eigenvalue weighted by Gasteiger charge is 2.25. The molecule has 0 heterocycles. The number of rotatable bonds is 9. The average molecular weight is 449 g/mol. The molecule has 0 amide bonds. The van der Waals surface area contributed by atoms with Crippen LogP contribution in [-0.4, -0.2) is 9.79 Å². The van der Waals surface area contributed by atoms with Crippen LogP contribution in [0.3, 0.4) is 0 Å². The van der Waals surface area contributed by atoms with Crippen molar-refractivity contribution in [3.63, 3.8) is 0 Å². The van der Waals surface area contributed by atoms with Gasteiger partial charge in [0.25, 0.3) is 0 Å². The normalized spacial score (nSPS) is 11.1. The maximum Gasteiger partial charge on any atom is 0.391 e. The van der Waals surface area contributed by atoms with Crippen molar-refractivity contribution in [1.29, 1.82) is 0 Å². The third-order valence-corrected chi connectivity index (χ3v) is 6.46. The van der Waals surface area contributed by atoms with Crippen LogP contribution in [0.4, 0.5) is 0 Å². The van der Waals surface area contributed by atoms with Crippen molar-refractivity contribution < 1.29 is 14.3 Å². The SMILES string of the molecule is C=Cc1ccc(OP(O)O)c(-c2c(CC)cccc2CC)c1-c1c(CC)cccc1CC. The molecule has 0 saturated heterocycles. The average Bonchev–Trinajstić information content (AvgIpc) is 2.82. The summed E-state index contributed by atoms with van der Waals surface area (Å²) >= 11 is 0. The summed E-state index contributed by atoms with van der Waals surface area (Å²) in [5, 5.41) is 0. The van der Waals surface area contributed by atoms with Crippen LogP contribution in [0.25, 0.3) is 28.3 Å². The molecule has 0 saturated carbocycles. The van der Waals surface area contributed by atoms with E-state index in [1.165, 1.54) is 27.8 Å². The Labute approximate surface area is 193 Å². The fourth-order valence-corrected chi connectivity index (χ4v) is 4.91. The molecule has 2 N–H and O–H groups in total. The molecule has 0 atom stereocenters. The van der Waals surface area contributed by atoms with E-state index < -0.39 is 8.60 Å². The van der Waals surface area contributed by atoms with Gasteiger partial charge < -0.3 is 14.3 Å². The van der Waals surface area contributed by atoms with Gasteiger partial charge in [-0.1, -0.05) is 82.8 Å². The lowest BCUT2D eigenvalue weighted by Crippen LogP contribution is -2.03. The Hall–Kier alpha value is -2.45. The highest BCUT2D eigenvalue weighted by Crippen LogP contribution is 2.49. The summed E-state index contributed by atoms with van der Waals surface area (Å²) in [6.45, 7) is 12.7. The topological polar surface area (TPSA) is 49.7 Å². The molecule has 0 spiro atoms. The minimum absolute atomic E-state index is 0.491. The van der Waals surface area contributed by atoms with E-state index in [-0.39, 0.29) is 0 Å². The quantitative estimate of drug-likeness (QED) is 0.333. The van der Waals surface area contributed by atoms with Gasteiger partial charge in [-0.2, -0.15) is 0 Å². The van der Waals surface area contributed by atoms with Gasteiger partial charge in [0, 0.05) is 11.1 Å². The number of hydrogen-bond acceptors (Lipinski definition) is 3. The van der Waals surface area contributed by atoms with E-state index in [2.05, 4.69) is 70.7 Å². The van der Waals surface area contributed by atoms with Gasteiger partial charge in [0.2, 0.25) is 0 Å². The lowest BCUT2D eigenvalue weighted by atomic mass is 9.81. The van der Waals surface area contributed by atoms with Crippen molar-refractivity contribution in [2.45, 2.75) is 53.4 Å². The van der Waals surface area contributed by atoms with Crippen LogP contribution in [0.5, 0.6) is 5.75 Å². The number of benzene rings is 3. The monoisotopic (exact) mass is 448 g/mol. The van der Waals surface area contributed by atoms with Crippen LogP contribution < -0.4 is 4.52 Å². The van der Waals surface area contributed by atoms with E-state index in [0.717, 1.165) is 47.9 Å². The summed E-state index contributed by atoms with van der Waals surface area (Å²) in [6, 6.07) is 16.7. The predicted molar refractivity (Wildman–Crippen MR) is 137 cm³/mol. The third kappa shape index (κ3) is 4.66. The first-order chi connectivity index (χ1) is 15.5. The molecule has 3 aromatic carbocycles. The molecular weight excluding hydrogens is 415 g/mol. The van der Waals surface area contributed by atoms with Gasteiger partial charge in [0.15, 0.2) is 0 Å². The Morgan fingerprint density at radius 2 is 1.12 bits per heavy atom. The molecule has 0 aliphatic rings. The van der Waals surface area contributed by atoms with Crippen molar-refractivity contribution in [2.75, 3.05) is 0 Å². The second-order valence-electron chi connectivity index (χ2n) is 7.77. The zero-order valence-corrected chi connectivity index (χ0v) is 20.4. The molecule has 0 bridgehead atoms. The van der Waals surface area contributed by atoms with Crippen LogP contribution in [0.2, 0.25) is 0 Å². The third-order valence-electron chi connectivity index (χ3n) is 6.10. The molecule has 0 radical (unpaired) electrons. The lowest BCUT2D eigenvalue weighted by molar-refractivity contribution is 0.375. The summed E-state index contributed by atoms with van der Waals surface area (Å²) in [5.41, 5.74) is 10.2. The first-order valence-corrected chi connectivity index (χ1v) is 12.5. The van der Waals surface area contributed by atoms with Gasteiger partial charge in [0.1, 0.15) is 5.75 Å². The number of hydrogen-bond donors (Lipinski definition) is 2. The smallest absolute Gasteiger partial charge is 0.391 e. The number of aryl methyl sites for hydroxylation is 4. The zero-order chi connectivity index (χ0) is 23.3. The molecule has 0 aliphatic carbocycles. The van der Waals surface area contributed by atoms with E-state index in [4.69, 9.17) is 4.52 Å². The van der Waals surface area contributed by atoms with Crippen molar-refractivity contribution in [3.8, 4) is 28.0 Å². The summed E-state index contributed by atoms with van der Waals surface area (Å²) < 4.78 is 5.65. The van der Waals surface area contributed by atoms with Gasteiger partial charge in [-0.15, -0.1) is 0 Å². The molecule has 168 valence electrons. The summed E-state index contributed by atoms with van der Waals surface area (Å²) in [6.07, 6.45) is 5.41. The Bertz CT molecular complexity index is 1060. The van der Waals surface area contributed by atoms with E-state index in [1.54, 1.807) is 0 Å². The Morgan fingerprint density at radius 3 is 1.50 bits per heavy atom. The fraction of sp³-hybridized carbons (Fsp3) is 0.286. The second kappa shape index (κ2) is 10.9. The molecule has 0 unspecified atom stereocenters. The van der Waals surface area contributed by atoms with Crippen molar-refractivity contribution in [3.05, 3.63) is 82.9 Å². The largest absolute Gasteiger partial charge is 0.426 e. The summed E-state index contributed by atoms with van der Waals surface area (Å²) in [7, 11) is -2.55. The summed E-state index contributed by atoms with van der Waals surface area (Å²) in [4.78, 5) is 19.6. The van der Waals surface area contributed by atoms with Gasteiger partial charge in [-0.05, 0) is 70.7 Å². The first-order valence-electron chi connectivity index (χ1n) is 11.4. The Kier molecular flexibility index (Phi) is 8.26. The standard InChI is InChI=1S/C28H33O3P/c1-6-19-13-11-14-20(7-2)25(19)27-23(10-5)17-18-24(31-32(29)30)28(27)26-21(8-3)15-12-16-22(26)9-4/h10-18,29-30H,5-9H2,1-4H3. The fourth-order valence-electron chi connectivity index (χ4n) is 4.58. The van der Waals surface area contributed by atoms with E-state index >= 15 is 0 Å². The lowest BCUT2D eigenvalue weighted by Gasteiger charge is -2.25. The van der Waals surface area contributed by atoms with E-state index in [0.29, 0.717) is 5.75 Å². The van der Waals surface area contributed by atoms with Crippen LogP contribution in [0.15, 0.2) is 55.1 Å². The predicted octanol–water partition coefficient (Wildman–Crippen LogP) is 7.50.